The van der Waals surface area contributed by atoms with Crippen molar-refractivity contribution in [1.29, 1.82) is 0 Å². The third-order valence-corrected chi connectivity index (χ3v) is 7.06. The fourth-order valence-corrected chi connectivity index (χ4v) is 5.14. The molecule has 1 N–H and O–H groups in total. The Kier molecular flexibility index (Phi) is 8.04. The minimum absolute atomic E-state index is 0.108. The van der Waals surface area contributed by atoms with E-state index in [1.807, 2.05) is 4.72 Å². The Morgan fingerprint density at radius 1 is 0.944 bits per heavy atom. The van der Waals surface area contributed by atoms with Gasteiger partial charge in [0.2, 0.25) is 10.0 Å². The van der Waals surface area contributed by atoms with E-state index in [4.69, 9.17) is 4.74 Å². The van der Waals surface area contributed by atoms with Crippen molar-refractivity contribution in [3.05, 3.63) is 65.7 Å². The van der Waals surface area contributed by atoms with Gasteiger partial charge in [-0.2, -0.15) is 17.9 Å². The zero-order chi connectivity index (χ0) is 26.7. The summed E-state index contributed by atoms with van der Waals surface area (Å²) in [5.74, 6) is 0.173. The van der Waals surface area contributed by atoms with Crippen molar-refractivity contribution in [2.45, 2.75) is 57.7 Å². The summed E-state index contributed by atoms with van der Waals surface area (Å²) in [5.41, 5.74) is -0.669. The third-order valence-electron chi connectivity index (χ3n) is 5.51. The lowest BCUT2D eigenvalue weighted by atomic mass is 9.90. The van der Waals surface area contributed by atoms with Crippen LogP contribution in [0.15, 0.2) is 53.6 Å². The average Bonchev–Trinajstić information content (AvgIpc) is 2.77. The van der Waals surface area contributed by atoms with Gasteiger partial charge in [-0.1, -0.05) is 31.5 Å². The van der Waals surface area contributed by atoms with Crippen LogP contribution in [-0.2, 0) is 10.0 Å². The molecule has 0 aliphatic heterocycles. The van der Waals surface area contributed by atoms with E-state index in [0.29, 0.717) is 22.9 Å². The lowest BCUT2D eigenvalue weighted by Crippen LogP contribution is -2.62. The Labute approximate surface area is 209 Å². The topological polar surface area (TPSA) is 94.1 Å². The Morgan fingerprint density at radius 3 is 2.14 bits per heavy atom. The van der Waals surface area contributed by atoms with Gasteiger partial charge in [-0.3, -0.25) is 0 Å². The van der Waals surface area contributed by atoms with Gasteiger partial charge in [0.05, 0.1) is 22.0 Å². The van der Waals surface area contributed by atoms with E-state index >= 15 is 0 Å². The van der Waals surface area contributed by atoms with Gasteiger partial charge in [-0.15, -0.1) is 0 Å². The van der Waals surface area contributed by atoms with Crippen LogP contribution < -0.4 is 9.46 Å². The first-order chi connectivity index (χ1) is 16.7. The molecular weight excluding hydrogens is 493 g/mol. The molecule has 1 atom stereocenters. The van der Waals surface area contributed by atoms with Crippen LogP contribution in [0, 0.1) is 26.7 Å². The van der Waals surface area contributed by atoms with Crippen molar-refractivity contribution in [2.24, 2.45) is 5.92 Å². The van der Waals surface area contributed by atoms with Crippen LogP contribution in [0.4, 0.5) is 13.2 Å². The van der Waals surface area contributed by atoms with E-state index in [1.54, 1.807) is 52.9 Å². The molecule has 3 aromatic rings. The first kappa shape index (κ1) is 27.5. The smallest absolute Gasteiger partial charge is 0.410 e. The largest absolute Gasteiger partial charge is 0.489 e. The second-order valence-electron chi connectivity index (χ2n) is 9.15. The number of aryl methyl sites for hydroxylation is 3. The van der Waals surface area contributed by atoms with E-state index in [9.17, 15) is 21.6 Å². The molecule has 0 radical (unpaired) electrons. The molecule has 36 heavy (non-hydrogen) atoms. The van der Waals surface area contributed by atoms with E-state index in [2.05, 4.69) is 15.0 Å². The second-order valence-corrected chi connectivity index (χ2v) is 10.8. The van der Waals surface area contributed by atoms with Gasteiger partial charge in [-0.25, -0.2) is 23.4 Å². The molecule has 2 aromatic heterocycles. The number of nitrogens with one attached hydrogen (secondary N) is 1. The highest BCUT2D eigenvalue weighted by molar-refractivity contribution is 7.89. The first-order valence-electron chi connectivity index (χ1n) is 11.3. The highest BCUT2D eigenvalue weighted by Crippen LogP contribution is 2.38. The number of rotatable bonds is 9. The molecule has 0 aliphatic rings. The lowest BCUT2D eigenvalue weighted by Gasteiger charge is -2.37. The second kappa shape index (κ2) is 10.5. The number of sulfonamides is 1. The summed E-state index contributed by atoms with van der Waals surface area (Å²) < 4.78 is 77.1. The SMILES string of the molecule is Cc1ccc(S(=O)(=O)NC(COc2ccc(-c3ccnc(C)n3)nc2C)(CC(C)C)C(F)(F)F)cc1. The number of nitrogens with zero attached hydrogens (tertiary/aromatic N) is 3. The highest BCUT2D eigenvalue weighted by Gasteiger charge is 2.58. The molecule has 0 aliphatic carbocycles. The van der Waals surface area contributed by atoms with Crippen molar-refractivity contribution in [2.75, 3.05) is 6.61 Å². The quantitative estimate of drug-likeness (QED) is 0.417. The first-order valence-corrected chi connectivity index (χ1v) is 12.8. The maximum atomic E-state index is 14.5. The number of ether oxygens (including phenoxy) is 1. The van der Waals surface area contributed by atoms with Crippen molar-refractivity contribution < 1.29 is 26.3 Å². The van der Waals surface area contributed by atoms with Gasteiger partial charge >= 0.3 is 6.18 Å². The van der Waals surface area contributed by atoms with Crippen molar-refractivity contribution in [1.82, 2.24) is 19.7 Å². The Balaban J connectivity index is 1.94. The number of halogens is 3. The maximum absolute atomic E-state index is 14.5. The molecule has 2 heterocycles. The van der Waals surface area contributed by atoms with Gasteiger partial charge in [0.1, 0.15) is 18.2 Å². The molecule has 0 amide bonds. The molecule has 0 spiro atoms. The van der Waals surface area contributed by atoms with E-state index in [0.717, 1.165) is 5.56 Å². The van der Waals surface area contributed by atoms with E-state index < -0.39 is 40.7 Å². The van der Waals surface area contributed by atoms with Crippen LogP contribution in [0.5, 0.6) is 5.75 Å². The van der Waals surface area contributed by atoms with Crippen LogP contribution in [0.25, 0.3) is 11.4 Å². The molecule has 7 nitrogen and oxygen atoms in total. The number of hydrogen-bond donors (Lipinski definition) is 1. The maximum Gasteiger partial charge on any atom is 0.410 e. The number of hydrogen-bond acceptors (Lipinski definition) is 6. The normalized spacial score (nSPS) is 14.0. The average molecular weight is 523 g/mol. The number of alkyl halides is 3. The molecule has 0 bridgehead atoms. The van der Waals surface area contributed by atoms with Crippen LogP contribution in [-0.4, -0.2) is 41.7 Å². The zero-order valence-corrected chi connectivity index (χ0v) is 21.5. The van der Waals surface area contributed by atoms with Crippen LogP contribution in [0.2, 0.25) is 0 Å². The van der Waals surface area contributed by atoms with Crippen molar-refractivity contribution in [3.8, 4) is 17.1 Å². The van der Waals surface area contributed by atoms with E-state index in [1.165, 1.54) is 30.3 Å². The van der Waals surface area contributed by atoms with Crippen molar-refractivity contribution >= 4 is 10.0 Å². The molecule has 1 unspecified atom stereocenters. The molecule has 0 fully saturated rings. The fourth-order valence-electron chi connectivity index (χ4n) is 3.76. The lowest BCUT2D eigenvalue weighted by molar-refractivity contribution is -0.203. The molecule has 0 saturated carbocycles. The Hall–Kier alpha value is -3.05. The van der Waals surface area contributed by atoms with Gasteiger partial charge < -0.3 is 4.74 Å². The highest BCUT2D eigenvalue weighted by atomic mass is 32.2. The summed E-state index contributed by atoms with van der Waals surface area (Å²) in [4.78, 5) is 12.5. The number of benzene rings is 1. The summed E-state index contributed by atoms with van der Waals surface area (Å²) in [6.07, 6.45) is -3.87. The van der Waals surface area contributed by atoms with Gasteiger partial charge in [-0.05, 0) is 63.4 Å². The molecule has 1 aromatic carbocycles. The Morgan fingerprint density at radius 2 is 1.58 bits per heavy atom. The predicted molar refractivity (Wildman–Crippen MR) is 130 cm³/mol. The van der Waals surface area contributed by atoms with Crippen LogP contribution in [0.3, 0.4) is 0 Å². The molecule has 11 heteroatoms. The summed E-state index contributed by atoms with van der Waals surface area (Å²) in [7, 11) is -4.50. The van der Waals surface area contributed by atoms with Gasteiger partial charge in [0.25, 0.3) is 0 Å². The number of aromatic nitrogens is 3. The Bertz CT molecular complexity index is 1310. The van der Waals surface area contributed by atoms with Crippen molar-refractivity contribution in [3.63, 3.8) is 0 Å². The molecule has 194 valence electrons. The summed E-state index contributed by atoms with van der Waals surface area (Å²) in [5, 5.41) is 0. The van der Waals surface area contributed by atoms with E-state index in [-0.39, 0.29) is 10.6 Å². The summed E-state index contributed by atoms with van der Waals surface area (Å²) in [6, 6.07) is 10.4. The summed E-state index contributed by atoms with van der Waals surface area (Å²) in [6.45, 7) is 7.30. The molecule has 0 saturated heterocycles. The molecule has 3 rings (SSSR count). The number of pyridine rings is 1. The van der Waals surface area contributed by atoms with Gasteiger partial charge in [0, 0.05) is 6.20 Å². The molecular formula is C25H29F3N4O3S. The van der Waals surface area contributed by atoms with Crippen LogP contribution >= 0.6 is 0 Å². The minimum Gasteiger partial charge on any atom is -0.489 e. The van der Waals surface area contributed by atoms with Gasteiger partial charge in [0.15, 0.2) is 5.54 Å². The monoisotopic (exact) mass is 522 g/mol. The fraction of sp³-hybridized carbons (Fsp3) is 0.400. The summed E-state index contributed by atoms with van der Waals surface area (Å²) >= 11 is 0. The van der Waals surface area contributed by atoms with Crippen LogP contribution in [0.1, 0.15) is 37.4 Å². The standard InChI is InChI=1S/C25H29F3N4O3S/c1-16(2)14-24(25(26,27)28,32-36(33,34)20-8-6-17(3)7-9-20)15-35-23-11-10-21(30-18(23)4)22-12-13-29-19(5)31-22/h6-13,16,32H,14-15H2,1-5H3. The predicted octanol–water partition coefficient (Wildman–Crippen LogP) is 5.17. The third kappa shape index (κ3) is 6.38. The zero-order valence-electron chi connectivity index (χ0n) is 20.7. The minimum atomic E-state index is -4.94.